The lowest BCUT2D eigenvalue weighted by molar-refractivity contribution is 0.647. The first kappa shape index (κ1) is 14.3. The third kappa shape index (κ3) is 1.91. The van der Waals surface area contributed by atoms with Gasteiger partial charge in [0.25, 0.3) is 0 Å². The minimum atomic E-state index is 0.214. The smallest absolute Gasteiger partial charge is 0.227 e. The predicted molar refractivity (Wildman–Crippen MR) is 103 cm³/mol. The summed E-state index contributed by atoms with van der Waals surface area (Å²) in [5, 5.41) is 2.18. The monoisotopic (exact) mass is 329 g/mol. The van der Waals surface area contributed by atoms with Crippen molar-refractivity contribution in [3.05, 3.63) is 60.3 Å². The second-order valence-corrected chi connectivity index (χ2v) is 6.66. The van der Waals surface area contributed by atoms with E-state index >= 15 is 0 Å². The van der Waals surface area contributed by atoms with Crippen LogP contribution in [0.1, 0.15) is 12.6 Å². The molecule has 0 saturated heterocycles. The van der Waals surface area contributed by atoms with Crippen LogP contribution in [0.4, 0.5) is 17.1 Å². The fourth-order valence-corrected chi connectivity index (χ4v) is 3.82. The van der Waals surface area contributed by atoms with Crippen LogP contribution in [0.15, 0.2) is 59.0 Å². The molecule has 0 spiro atoms. The molecule has 2 aromatic heterocycles. The number of fused-ring (bicyclic) bond motifs is 4. The Hall–Kier alpha value is -3.01. The Morgan fingerprint density at radius 1 is 0.880 bits per heavy atom. The molecule has 3 heterocycles. The number of furan rings is 1. The molecule has 1 atom stereocenters. The Balaban J connectivity index is 1.80. The van der Waals surface area contributed by atoms with Gasteiger partial charge in [-0.05, 0) is 44.2 Å². The number of nitrogens with zero attached hydrogens (tertiary/aromatic N) is 3. The van der Waals surface area contributed by atoms with Crippen molar-refractivity contribution in [1.82, 2.24) is 4.98 Å². The van der Waals surface area contributed by atoms with Gasteiger partial charge in [-0.15, -0.1) is 0 Å². The zero-order chi connectivity index (χ0) is 17.1. The highest BCUT2D eigenvalue weighted by molar-refractivity contribution is 6.09. The van der Waals surface area contributed by atoms with Crippen LogP contribution in [0.2, 0.25) is 0 Å². The summed E-state index contributed by atoms with van der Waals surface area (Å²) < 4.78 is 6.20. The SMILES string of the molecule is Cc1ccc2c(n1)oc1c(N3c4ccccc4N(C)C3C)cccc12. The largest absolute Gasteiger partial charge is 0.435 e. The van der Waals surface area contributed by atoms with E-state index in [-0.39, 0.29) is 6.17 Å². The molecular weight excluding hydrogens is 310 g/mol. The standard InChI is InChI=1S/C21H19N3O/c1-13-11-12-16-15-7-6-10-19(20(15)25-21(16)22-13)24-14(2)23(3)17-8-4-5-9-18(17)24/h4-12,14H,1-3H3. The molecule has 0 N–H and O–H groups in total. The van der Waals surface area contributed by atoms with Gasteiger partial charge in [-0.1, -0.05) is 24.3 Å². The quantitative estimate of drug-likeness (QED) is 0.479. The summed E-state index contributed by atoms with van der Waals surface area (Å²) in [5.41, 5.74) is 6.08. The first-order chi connectivity index (χ1) is 12.1. The first-order valence-electron chi connectivity index (χ1n) is 8.55. The Bertz CT molecular complexity index is 1110. The summed E-state index contributed by atoms with van der Waals surface area (Å²) in [6.45, 7) is 4.20. The lowest BCUT2D eigenvalue weighted by atomic mass is 10.1. The minimum absolute atomic E-state index is 0.214. The van der Waals surface area contributed by atoms with Crippen LogP contribution >= 0.6 is 0 Å². The molecule has 0 fully saturated rings. The third-order valence-corrected chi connectivity index (χ3v) is 5.20. The van der Waals surface area contributed by atoms with Gasteiger partial charge in [0.05, 0.1) is 17.1 Å². The summed E-state index contributed by atoms with van der Waals surface area (Å²) in [4.78, 5) is 9.19. The molecule has 0 bridgehead atoms. The fraction of sp³-hybridized carbons (Fsp3) is 0.190. The Labute approximate surface area is 146 Å². The summed E-state index contributed by atoms with van der Waals surface area (Å²) >= 11 is 0. The van der Waals surface area contributed by atoms with Crippen LogP contribution in [-0.2, 0) is 0 Å². The number of para-hydroxylation sites is 3. The topological polar surface area (TPSA) is 32.5 Å². The zero-order valence-corrected chi connectivity index (χ0v) is 14.5. The van der Waals surface area contributed by atoms with Crippen LogP contribution in [0.5, 0.6) is 0 Å². The van der Waals surface area contributed by atoms with Gasteiger partial charge in [-0.2, -0.15) is 0 Å². The first-order valence-corrected chi connectivity index (χ1v) is 8.55. The predicted octanol–water partition coefficient (Wildman–Crippen LogP) is 5.22. The van der Waals surface area contributed by atoms with Gasteiger partial charge >= 0.3 is 0 Å². The molecule has 5 rings (SSSR count). The second kappa shape index (κ2) is 4.99. The maximum atomic E-state index is 6.20. The van der Waals surface area contributed by atoms with Crippen molar-refractivity contribution in [3.63, 3.8) is 0 Å². The van der Waals surface area contributed by atoms with Gasteiger partial charge in [-0.25, -0.2) is 4.98 Å². The van der Waals surface area contributed by atoms with E-state index in [0.29, 0.717) is 5.71 Å². The van der Waals surface area contributed by atoms with Crippen LogP contribution in [0, 0.1) is 6.92 Å². The number of hydrogen-bond acceptors (Lipinski definition) is 4. The normalized spacial score (nSPS) is 16.8. The second-order valence-electron chi connectivity index (χ2n) is 6.66. The van der Waals surface area contributed by atoms with Crippen LogP contribution in [0.25, 0.3) is 22.1 Å². The molecular formula is C21H19N3O. The molecule has 0 saturated carbocycles. The summed E-state index contributed by atoms with van der Waals surface area (Å²) in [6, 6.07) is 19.0. The number of rotatable bonds is 1. The molecule has 25 heavy (non-hydrogen) atoms. The Kier molecular flexibility index (Phi) is 2.86. The highest BCUT2D eigenvalue weighted by Crippen LogP contribution is 2.46. The van der Waals surface area contributed by atoms with Gasteiger partial charge in [0.2, 0.25) is 5.71 Å². The minimum Gasteiger partial charge on any atom is -0.435 e. The Morgan fingerprint density at radius 3 is 2.48 bits per heavy atom. The third-order valence-electron chi connectivity index (χ3n) is 5.20. The van der Waals surface area contributed by atoms with Gasteiger partial charge in [-0.3, -0.25) is 0 Å². The maximum Gasteiger partial charge on any atom is 0.227 e. The van der Waals surface area contributed by atoms with E-state index in [4.69, 9.17) is 4.42 Å². The van der Waals surface area contributed by atoms with Crippen LogP contribution < -0.4 is 9.80 Å². The van der Waals surface area contributed by atoms with Crippen molar-refractivity contribution < 1.29 is 4.42 Å². The maximum absolute atomic E-state index is 6.20. The van der Waals surface area contributed by atoms with E-state index < -0.39 is 0 Å². The van der Waals surface area contributed by atoms with E-state index in [0.717, 1.165) is 27.7 Å². The molecule has 0 aliphatic carbocycles. The van der Waals surface area contributed by atoms with Crippen molar-refractivity contribution in [1.29, 1.82) is 0 Å². The lowest BCUT2D eigenvalue weighted by Crippen LogP contribution is -2.35. The van der Waals surface area contributed by atoms with Crippen molar-refractivity contribution in [2.45, 2.75) is 20.0 Å². The molecule has 0 radical (unpaired) electrons. The number of aryl methyl sites for hydroxylation is 1. The number of hydrogen-bond donors (Lipinski definition) is 0. The average molecular weight is 329 g/mol. The van der Waals surface area contributed by atoms with Crippen LogP contribution in [-0.4, -0.2) is 18.2 Å². The van der Waals surface area contributed by atoms with E-state index in [1.165, 1.54) is 11.4 Å². The molecule has 4 heteroatoms. The summed E-state index contributed by atoms with van der Waals surface area (Å²) in [5.74, 6) is 0. The average Bonchev–Trinajstić information content (AvgIpc) is 3.11. The van der Waals surface area contributed by atoms with Crippen LogP contribution in [0.3, 0.4) is 0 Å². The Morgan fingerprint density at radius 2 is 1.64 bits per heavy atom. The summed E-state index contributed by atoms with van der Waals surface area (Å²) in [7, 11) is 2.13. The van der Waals surface area contributed by atoms with Gasteiger partial charge in [0.15, 0.2) is 5.58 Å². The molecule has 1 aliphatic rings. The molecule has 1 unspecified atom stereocenters. The van der Waals surface area contributed by atoms with Crippen molar-refractivity contribution in [3.8, 4) is 0 Å². The zero-order valence-electron chi connectivity index (χ0n) is 14.5. The van der Waals surface area contributed by atoms with Gasteiger partial charge in [0.1, 0.15) is 6.17 Å². The number of benzene rings is 2. The van der Waals surface area contributed by atoms with E-state index in [1.807, 2.05) is 13.0 Å². The van der Waals surface area contributed by atoms with Gasteiger partial charge in [0, 0.05) is 23.5 Å². The number of pyridine rings is 1. The van der Waals surface area contributed by atoms with E-state index in [2.05, 4.69) is 77.3 Å². The van der Waals surface area contributed by atoms with Crippen molar-refractivity contribution in [2.75, 3.05) is 16.8 Å². The number of aromatic nitrogens is 1. The number of anilines is 3. The van der Waals surface area contributed by atoms with Gasteiger partial charge < -0.3 is 14.2 Å². The van der Waals surface area contributed by atoms with E-state index in [9.17, 15) is 0 Å². The molecule has 124 valence electrons. The highest BCUT2D eigenvalue weighted by Gasteiger charge is 2.32. The molecule has 4 aromatic rings. The highest BCUT2D eigenvalue weighted by atomic mass is 16.3. The molecule has 2 aromatic carbocycles. The van der Waals surface area contributed by atoms with E-state index in [1.54, 1.807) is 0 Å². The summed E-state index contributed by atoms with van der Waals surface area (Å²) in [6.07, 6.45) is 0.214. The van der Waals surface area contributed by atoms with Crippen molar-refractivity contribution in [2.24, 2.45) is 0 Å². The molecule has 0 amide bonds. The van der Waals surface area contributed by atoms with Crippen molar-refractivity contribution >= 4 is 39.1 Å². The fourth-order valence-electron chi connectivity index (χ4n) is 3.82. The molecule has 4 nitrogen and oxygen atoms in total. The lowest BCUT2D eigenvalue weighted by Gasteiger charge is -2.27. The molecule has 1 aliphatic heterocycles.